The van der Waals surface area contributed by atoms with Gasteiger partial charge in [-0.15, -0.1) is 0 Å². The second kappa shape index (κ2) is 7.10. The molecule has 0 aliphatic carbocycles. The van der Waals surface area contributed by atoms with Crippen molar-refractivity contribution in [3.05, 3.63) is 52.1 Å². The number of ether oxygens (including phenoxy) is 2. The van der Waals surface area contributed by atoms with Gasteiger partial charge in [0, 0.05) is 0 Å². The first-order chi connectivity index (χ1) is 9.97. The number of para-hydroxylation sites is 1. The van der Waals surface area contributed by atoms with E-state index in [1.54, 1.807) is 12.1 Å². The highest BCUT2D eigenvalue weighted by Gasteiger charge is 2.07. The van der Waals surface area contributed by atoms with Gasteiger partial charge in [-0.2, -0.15) is 0 Å². The summed E-state index contributed by atoms with van der Waals surface area (Å²) in [5, 5.41) is 5.02. The average Bonchev–Trinajstić information content (AvgIpc) is 2.45. The summed E-state index contributed by atoms with van der Waals surface area (Å²) in [6.45, 7) is 0.761. The second-order valence-corrected chi connectivity index (χ2v) is 6.87. The van der Waals surface area contributed by atoms with Gasteiger partial charge in [-0.05, 0) is 59.0 Å². The summed E-state index contributed by atoms with van der Waals surface area (Å²) in [5.41, 5.74) is 0. The van der Waals surface area contributed by atoms with Gasteiger partial charge in [0.25, 0.3) is 0 Å². The summed E-state index contributed by atoms with van der Waals surface area (Å²) in [7, 11) is -3.67. The number of rotatable bonds is 6. The molecule has 7 heteroatoms. The number of halogens is 1. The van der Waals surface area contributed by atoms with Crippen molar-refractivity contribution in [2.45, 2.75) is 4.90 Å². The Morgan fingerprint density at radius 1 is 0.952 bits per heavy atom. The summed E-state index contributed by atoms with van der Waals surface area (Å²) in [5.74, 6) is 1.38. The molecule has 0 atom stereocenters. The minimum Gasteiger partial charge on any atom is -0.490 e. The molecule has 0 aliphatic rings. The van der Waals surface area contributed by atoms with E-state index in [4.69, 9.17) is 14.6 Å². The molecular formula is C14H14INO4S. The van der Waals surface area contributed by atoms with Crippen LogP contribution in [0.3, 0.4) is 0 Å². The molecule has 0 spiro atoms. The van der Waals surface area contributed by atoms with Crippen molar-refractivity contribution < 1.29 is 17.9 Å². The summed E-state index contributed by atoms with van der Waals surface area (Å²) in [4.78, 5) is 0.0601. The Morgan fingerprint density at radius 2 is 1.57 bits per heavy atom. The van der Waals surface area contributed by atoms with Crippen molar-refractivity contribution >= 4 is 32.6 Å². The quantitative estimate of drug-likeness (QED) is 0.576. The van der Waals surface area contributed by atoms with E-state index in [2.05, 4.69) is 22.6 Å². The highest BCUT2D eigenvalue weighted by molar-refractivity contribution is 14.1. The summed E-state index contributed by atoms with van der Waals surface area (Å²) >= 11 is 2.20. The predicted molar refractivity (Wildman–Crippen MR) is 88.0 cm³/mol. The van der Waals surface area contributed by atoms with Gasteiger partial charge in [0.2, 0.25) is 10.0 Å². The number of nitrogens with two attached hydrogens (primary N) is 1. The molecule has 21 heavy (non-hydrogen) atoms. The Kier molecular flexibility index (Phi) is 5.43. The number of benzene rings is 2. The summed E-state index contributed by atoms with van der Waals surface area (Å²) in [6, 6.07) is 13.6. The Morgan fingerprint density at radius 3 is 2.19 bits per heavy atom. The van der Waals surface area contributed by atoms with Crippen molar-refractivity contribution in [1.82, 2.24) is 0 Å². The maximum absolute atomic E-state index is 11.1. The van der Waals surface area contributed by atoms with Crippen LogP contribution in [0.15, 0.2) is 53.4 Å². The van der Waals surface area contributed by atoms with Gasteiger partial charge in [-0.3, -0.25) is 0 Å². The monoisotopic (exact) mass is 419 g/mol. The fourth-order valence-corrected chi connectivity index (χ4v) is 2.66. The summed E-state index contributed by atoms with van der Waals surface area (Å²) < 4.78 is 34.3. The number of hydrogen-bond acceptors (Lipinski definition) is 4. The zero-order valence-corrected chi connectivity index (χ0v) is 14.0. The first-order valence-electron chi connectivity index (χ1n) is 6.10. The van der Waals surface area contributed by atoms with E-state index >= 15 is 0 Å². The molecule has 0 fully saturated rings. The van der Waals surface area contributed by atoms with E-state index in [0.717, 1.165) is 9.32 Å². The third-order valence-electron chi connectivity index (χ3n) is 2.60. The Labute approximate surface area is 137 Å². The molecule has 0 saturated carbocycles. The topological polar surface area (TPSA) is 78.6 Å². The van der Waals surface area contributed by atoms with Crippen molar-refractivity contribution in [3.8, 4) is 11.5 Å². The minimum absolute atomic E-state index is 0.0601. The van der Waals surface area contributed by atoms with E-state index in [1.807, 2.05) is 24.3 Å². The van der Waals surface area contributed by atoms with Crippen LogP contribution in [-0.4, -0.2) is 21.6 Å². The molecule has 2 N–H and O–H groups in total. The molecule has 0 saturated heterocycles. The van der Waals surface area contributed by atoms with Gasteiger partial charge in [0.1, 0.15) is 24.7 Å². The highest BCUT2D eigenvalue weighted by atomic mass is 127. The molecule has 0 bridgehead atoms. The molecule has 0 aliphatic heterocycles. The Balaban J connectivity index is 1.83. The van der Waals surface area contributed by atoms with E-state index < -0.39 is 10.0 Å². The smallest absolute Gasteiger partial charge is 0.238 e. The first-order valence-corrected chi connectivity index (χ1v) is 8.72. The lowest BCUT2D eigenvalue weighted by molar-refractivity contribution is 0.216. The van der Waals surface area contributed by atoms with Crippen LogP contribution in [0.2, 0.25) is 0 Å². The fourth-order valence-electron chi connectivity index (χ4n) is 1.60. The van der Waals surface area contributed by atoms with Gasteiger partial charge >= 0.3 is 0 Å². The fraction of sp³-hybridized carbons (Fsp3) is 0.143. The van der Waals surface area contributed by atoms with Crippen LogP contribution in [0, 0.1) is 3.57 Å². The molecule has 0 aromatic heterocycles. The summed E-state index contributed by atoms with van der Waals surface area (Å²) in [6.07, 6.45) is 0. The Bertz CT molecular complexity index is 701. The highest BCUT2D eigenvalue weighted by Crippen LogP contribution is 2.19. The van der Waals surface area contributed by atoms with Crippen LogP contribution in [0.25, 0.3) is 0 Å². The third-order valence-corrected chi connectivity index (χ3v) is 4.42. The van der Waals surface area contributed by atoms with Crippen LogP contribution < -0.4 is 14.6 Å². The van der Waals surface area contributed by atoms with Crippen LogP contribution in [0.1, 0.15) is 0 Å². The maximum atomic E-state index is 11.1. The lowest BCUT2D eigenvalue weighted by Crippen LogP contribution is -2.12. The number of primary sulfonamides is 1. The molecule has 2 aromatic rings. The van der Waals surface area contributed by atoms with Crippen molar-refractivity contribution in [3.63, 3.8) is 0 Å². The molecule has 0 amide bonds. The van der Waals surface area contributed by atoms with E-state index in [9.17, 15) is 8.42 Å². The molecule has 0 heterocycles. The van der Waals surface area contributed by atoms with E-state index in [1.165, 1.54) is 12.1 Å². The zero-order chi connectivity index (χ0) is 15.3. The van der Waals surface area contributed by atoms with Crippen LogP contribution in [-0.2, 0) is 10.0 Å². The Hall–Kier alpha value is -1.32. The molecule has 0 radical (unpaired) electrons. The van der Waals surface area contributed by atoms with Crippen LogP contribution in [0.5, 0.6) is 11.5 Å². The van der Waals surface area contributed by atoms with E-state index in [-0.39, 0.29) is 4.90 Å². The lowest BCUT2D eigenvalue weighted by atomic mass is 10.3. The largest absolute Gasteiger partial charge is 0.490 e. The van der Waals surface area contributed by atoms with Crippen LogP contribution in [0.4, 0.5) is 0 Å². The van der Waals surface area contributed by atoms with E-state index in [0.29, 0.717) is 19.0 Å². The second-order valence-electron chi connectivity index (χ2n) is 4.14. The molecular weight excluding hydrogens is 405 g/mol. The van der Waals surface area contributed by atoms with Gasteiger partial charge < -0.3 is 9.47 Å². The van der Waals surface area contributed by atoms with Gasteiger partial charge in [-0.1, -0.05) is 12.1 Å². The van der Waals surface area contributed by atoms with Crippen molar-refractivity contribution in [1.29, 1.82) is 0 Å². The standard InChI is InChI=1S/C14H14INO4S/c15-13-3-1-2-4-14(13)20-10-9-19-11-5-7-12(8-6-11)21(16,17)18/h1-8H,9-10H2,(H2,16,17,18). The average molecular weight is 419 g/mol. The number of hydrogen-bond donors (Lipinski definition) is 1. The number of sulfonamides is 1. The van der Waals surface area contributed by atoms with Crippen LogP contribution >= 0.6 is 22.6 Å². The minimum atomic E-state index is -3.67. The SMILES string of the molecule is NS(=O)(=O)c1ccc(OCCOc2ccccc2I)cc1. The van der Waals surface area contributed by atoms with Gasteiger partial charge in [0.05, 0.1) is 8.47 Å². The normalized spacial score (nSPS) is 11.1. The van der Waals surface area contributed by atoms with Crippen molar-refractivity contribution in [2.24, 2.45) is 5.14 Å². The molecule has 2 aromatic carbocycles. The molecule has 2 rings (SSSR count). The maximum Gasteiger partial charge on any atom is 0.238 e. The first kappa shape index (κ1) is 16.1. The lowest BCUT2D eigenvalue weighted by Gasteiger charge is -2.09. The van der Waals surface area contributed by atoms with Gasteiger partial charge in [-0.25, -0.2) is 13.6 Å². The van der Waals surface area contributed by atoms with Crippen molar-refractivity contribution in [2.75, 3.05) is 13.2 Å². The molecule has 0 unspecified atom stereocenters. The molecule has 112 valence electrons. The molecule has 5 nitrogen and oxygen atoms in total. The third kappa shape index (κ3) is 4.87. The predicted octanol–water partition coefficient (Wildman–Crippen LogP) is 2.40. The zero-order valence-electron chi connectivity index (χ0n) is 11.0. The van der Waals surface area contributed by atoms with Gasteiger partial charge in [0.15, 0.2) is 0 Å².